The predicted molar refractivity (Wildman–Crippen MR) is 170 cm³/mol. The van der Waals surface area contributed by atoms with Gasteiger partial charge in [0.15, 0.2) is 18.1 Å². The van der Waals surface area contributed by atoms with E-state index in [0.717, 1.165) is 10.0 Å². The lowest BCUT2D eigenvalue weighted by Gasteiger charge is -2.28. The van der Waals surface area contributed by atoms with Gasteiger partial charge in [-0.15, -0.1) is 0 Å². The summed E-state index contributed by atoms with van der Waals surface area (Å²) in [6.45, 7) is 3.23. The third-order valence-electron chi connectivity index (χ3n) is 6.55. The quantitative estimate of drug-likeness (QED) is 0.0992. The van der Waals surface area contributed by atoms with Gasteiger partial charge in [-0.1, -0.05) is 22.0 Å². The maximum absolute atomic E-state index is 12.6. The molecule has 0 unspecified atom stereocenters. The lowest BCUT2D eigenvalue weighted by molar-refractivity contribution is -0.384. The van der Waals surface area contributed by atoms with Gasteiger partial charge in [0.1, 0.15) is 12.4 Å². The topological polar surface area (TPSA) is 180 Å². The second-order valence-electron chi connectivity index (χ2n) is 9.68. The smallest absolute Gasteiger partial charge is 0.338 e. The Morgan fingerprint density at radius 2 is 1.80 bits per heavy atom. The van der Waals surface area contributed by atoms with Gasteiger partial charge in [0, 0.05) is 27.9 Å². The first-order chi connectivity index (χ1) is 22.1. The van der Waals surface area contributed by atoms with Crippen molar-refractivity contribution in [1.82, 2.24) is 16.1 Å². The molecule has 46 heavy (non-hydrogen) atoms. The summed E-state index contributed by atoms with van der Waals surface area (Å²) in [5.74, 6) is -0.134. The number of esters is 1. The number of halogens is 1. The number of hydrazone groups is 1. The molecule has 4 rings (SSSR count). The third-order valence-corrected chi connectivity index (χ3v) is 7.04. The second-order valence-corrected chi connectivity index (χ2v) is 10.6. The van der Waals surface area contributed by atoms with Crippen molar-refractivity contribution in [1.29, 1.82) is 0 Å². The van der Waals surface area contributed by atoms with Crippen molar-refractivity contribution in [2.45, 2.75) is 26.5 Å². The summed E-state index contributed by atoms with van der Waals surface area (Å²) in [5, 5.41) is 20.2. The third kappa shape index (κ3) is 8.59. The van der Waals surface area contributed by atoms with Crippen molar-refractivity contribution in [2.24, 2.45) is 5.10 Å². The van der Waals surface area contributed by atoms with E-state index >= 15 is 0 Å². The lowest BCUT2D eigenvalue weighted by atomic mass is 9.95. The standard InChI is InChI=1S/C31H30BrN5O9/c1-4-44-30(39)28-18(2)34-31(40)35-29(28)20-7-11-25(26(14-20)43-3)46-17-27(38)36-33-15-21-13-22(32)8-12-24(21)45-16-19-5-9-23(10-6-19)37(41)42/h5-15,29H,4,16-17H2,1-3H3,(H,36,38)(H2,34,35,40)/b33-15-/t29-/m0/s1. The molecule has 1 aliphatic rings. The molecule has 3 aromatic rings. The van der Waals surface area contributed by atoms with Crippen LogP contribution in [0.25, 0.3) is 0 Å². The van der Waals surface area contributed by atoms with Crippen LogP contribution >= 0.6 is 15.9 Å². The first-order valence-electron chi connectivity index (χ1n) is 13.8. The van der Waals surface area contributed by atoms with Gasteiger partial charge >= 0.3 is 12.0 Å². The van der Waals surface area contributed by atoms with Crippen LogP contribution in [0, 0.1) is 10.1 Å². The Hall–Kier alpha value is -5.44. The minimum atomic E-state index is -0.797. The fraction of sp³-hybridized carbons (Fsp3) is 0.226. The molecule has 240 valence electrons. The molecular formula is C31H30BrN5O9. The van der Waals surface area contributed by atoms with E-state index in [1.807, 2.05) is 0 Å². The van der Waals surface area contributed by atoms with Crippen molar-refractivity contribution in [3.63, 3.8) is 0 Å². The highest BCUT2D eigenvalue weighted by molar-refractivity contribution is 9.10. The number of ether oxygens (including phenoxy) is 4. The number of nitrogens with zero attached hydrogens (tertiary/aromatic N) is 2. The van der Waals surface area contributed by atoms with Gasteiger partial charge in [0.05, 0.1) is 36.5 Å². The number of rotatable bonds is 13. The van der Waals surface area contributed by atoms with Gasteiger partial charge in [-0.05, 0) is 67.4 Å². The molecule has 0 fully saturated rings. The monoisotopic (exact) mass is 695 g/mol. The number of carbonyl (C=O) groups is 3. The molecule has 0 spiro atoms. The second kappa shape index (κ2) is 15.5. The zero-order valence-corrected chi connectivity index (χ0v) is 26.6. The molecule has 3 N–H and O–H groups in total. The largest absolute Gasteiger partial charge is 0.493 e. The molecule has 15 heteroatoms. The summed E-state index contributed by atoms with van der Waals surface area (Å²) in [5.41, 5.74) is 4.84. The van der Waals surface area contributed by atoms with Crippen LogP contribution in [0.5, 0.6) is 17.2 Å². The van der Waals surface area contributed by atoms with Crippen molar-refractivity contribution in [3.05, 3.63) is 103 Å². The number of carbonyl (C=O) groups excluding carboxylic acids is 3. The van der Waals surface area contributed by atoms with Crippen LogP contribution in [-0.2, 0) is 20.9 Å². The fourth-order valence-electron chi connectivity index (χ4n) is 4.38. The first-order valence-corrected chi connectivity index (χ1v) is 14.6. The number of nitro benzene ring substituents is 1. The molecule has 1 atom stereocenters. The minimum Gasteiger partial charge on any atom is -0.493 e. The number of nitrogens with one attached hydrogen (secondary N) is 3. The number of non-ortho nitro benzene ring substituents is 1. The normalized spacial score (nSPS) is 14.3. The van der Waals surface area contributed by atoms with Crippen molar-refractivity contribution in [3.8, 4) is 17.2 Å². The van der Waals surface area contributed by atoms with Gasteiger partial charge in [0.25, 0.3) is 11.6 Å². The zero-order chi connectivity index (χ0) is 33.2. The lowest BCUT2D eigenvalue weighted by Crippen LogP contribution is -2.45. The van der Waals surface area contributed by atoms with E-state index in [-0.39, 0.29) is 36.0 Å². The fourth-order valence-corrected chi connectivity index (χ4v) is 4.76. The van der Waals surface area contributed by atoms with Crippen LogP contribution in [0.15, 0.2) is 81.5 Å². The molecule has 0 saturated carbocycles. The summed E-state index contributed by atoms with van der Waals surface area (Å²) in [6, 6.07) is 14.8. The molecule has 1 heterocycles. The van der Waals surface area contributed by atoms with Crippen LogP contribution in [0.1, 0.15) is 36.6 Å². The molecule has 14 nitrogen and oxygen atoms in total. The first kappa shape index (κ1) is 33.5. The highest BCUT2D eigenvalue weighted by Crippen LogP contribution is 2.34. The van der Waals surface area contributed by atoms with Crippen LogP contribution in [0.3, 0.4) is 0 Å². The van der Waals surface area contributed by atoms with Gasteiger partial charge in [-0.3, -0.25) is 14.9 Å². The number of hydrogen-bond donors (Lipinski definition) is 3. The Labute approximate surface area is 272 Å². The number of allylic oxidation sites excluding steroid dienone is 1. The molecular weight excluding hydrogens is 666 g/mol. The molecule has 0 aliphatic carbocycles. The van der Waals surface area contributed by atoms with Crippen molar-refractivity contribution < 1.29 is 38.3 Å². The van der Waals surface area contributed by atoms with E-state index in [1.54, 1.807) is 62.4 Å². The molecule has 3 amide bonds. The average molecular weight is 697 g/mol. The van der Waals surface area contributed by atoms with E-state index < -0.39 is 35.5 Å². The molecule has 0 radical (unpaired) electrons. The zero-order valence-electron chi connectivity index (χ0n) is 25.0. The highest BCUT2D eigenvalue weighted by Gasteiger charge is 2.32. The van der Waals surface area contributed by atoms with E-state index in [1.165, 1.54) is 25.5 Å². The van der Waals surface area contributed by atoms with Crippen LogP contribution in [-0.4, -0.2) is 49.4 Å². The summed E-state index contributed by atoms with van der Waals surface area (Å²) in [4.78, 5) is 47.7. The van der Waals surface area contributed by atoms with Gasteiger partial charge < -0.3 is 29.6 Å². The molecule has 1 aliphatic heterocycles. The maximum Gasteiger partial charge on any atom is 0.338 e. The summed E-state index contributed by atoms with van der Waals surface area (Å²) < 4.78 is 22.9. The number of methoxy groups -OCH3 is 1. The van der Waals surface area contributed by atoms with Gasteiger partial charge in [-0.25, -0.2) is 15.0 Å². The molecule has 0 saturated heterocycles. The summed E-state index contributed by atoms with van der Waals surface area (Å²) >= 11 is 3.40. The van der Waals surface area contributed by atoms with Crippen LogP contribution in [0.4, 0.5) is 10.5 Å². The number of benzene rings is 3. The number of nitro groups is 1. The molecule has 0 aromatic heterocycles. The predicted octanol–water partition coefficient (Wildman–Crippen LogP) is 4.67. The Balaban J connectivity index is 1.38. The van der Waals surface area contributed by atoms with Crippen LogP contribution in [0.2, 0.25) is 0 Å². The maximum atomic E-state index is 12.6. The Bertz CT molecular complexity index is 1690. The highest BCUT2D eigenvalue weighted by atomic mass is 79.9. The van der Waals surface area contributed by atoms with E-state index in [4.69, 9.17) is 18.9 Å². The number of urea groups is 1. The van der Waals surface area contributed by atoms with Crippen molar-refractivity contribution in [2.75, 3.05) is 20.3 Å². The Kier molecular flexibility index (Phi) is 11.3. The van der Waals surface area contributed by atoms with Gasteiger partial charge in [0.2, 0.25) is 0 Å². The Morgan fingerprint density at radius 1 is 1.07 bits per heavy atom. The summed E-state index contributed by atoms with van der Waals surface area (Å²) in [6.07, 6.45) is 1.41. The van der Waals surface area contributed by atoms with Gasteiger partial charge in [-0.2, -0.15) is 5.10 Å². The Morgan fingerprint density at radius 3 is 2.50 bits per heavy atom. The van der Waals surface area contributed by atoms with E-state index in [2.05, 4.69) is 37.1 Å². The number of amides is 3. The van der Waals surface area contributed by atoms with E-state index in [9.17, 15) is 24.5 Å². The SMILES string of the molecule is CCOC(=O)C1=C(C)NC(=O)N[C@H]1c1ccc(OCC(=O)N/N=C\c2cc(Br)ccc2OCc2ccc([N+](=O)[O-])cc2)c(OC)c1. The molecule has 3 aromatic carbocycles. The van der Waals surface area contributed by atoms with E-state index in [0.29, 0.717) is 22.6 Å². The number of hydrogen-bond acceptors (Lipinski definition) is 10. The minimum absolute atomic E-state index is 0.0141. The summed E-state index contributed by atoms with van der Waals surface area (Å²) in [7, 11) is 1.42. The molecule has 0 bridgehead atoms. The average Bonchev–Trinajstić information content (AvgIpc) is 3.03. The van der Waals surface area contributed by atoms with Crippen LogP contribution < -0.4 is 30.3 Å². The van der Waals surface area contributed by atoms with Crippen molar-refractivity contribution >= 4 is 45.7 Å².